The van der Waals surface area contributed by atoms with Gasteiger partial charge in [-0.1, -0.05) is 6.42 Å². The number of ether oxygens (including phenoxy) is 1. The van der Waals surface area contributed by atoms with Gasteiger partial charge in [-0.15, -0.1) is 0 Å². The Morgan fingerprint density at radius 3 is 2.40 bits per heavy atom. The average Bonchev–Trinajstić information content (AvgIpc) is 2.99. The third-order valence-corrected chi connectivity index (χ3v) is 8.77. The number of rotatable bonds is 7. The van der Waals surface area contributed by atoms with Gasteiger partial charge in [-0.3, -0.25) is 9.69 Å². The fourth-order valence-corrected chi connectivity index (χ4v) is 6.67. The third kappa shape index (κ3) is 4.63. The van der Waals surface area contributed by atoms with E-state index in [1.54, 1.807) is 0 Å². The number of amides is 1. The van der Waals surface area contributed by atoms with E-state index in [0.29, 0.717) is 4.31 Å². The Morgan fingerprint density at radius 2 is 1.83 bits per heavy atom. The predicted octanol–water partition coefficient (Wildman–Crippen LogP) is 1.30. The van der Waals surface area contributed by atoms with Gasteiger partial charge in [0.2, 0.25) is 26.0 Å². The normalized spacial score (nSPS) is 20.5. The Morgan fingerprint density at radius 1 is 1.17 bits per heavy atom. The van der Waals surface area contributed by atoms with Crippen molar-refractivity contribution in [3.63, 3.8) is 0 Å². The van der Waals surface area contributed by atoms with Crippen molar-refractivity contribution in [1.82, 2.24) is 9.62 Å². The monoisotopic (exact) mass is 459 g/mol. The number of hydrogen-bond donors (Lipinski definition) is 1. The van der Waals surface area contributed by atoms with Crippen LogP contribution in [0.1, 0.15) is 39.5 Å². The lowest BCUT2D eigenvalue weighted by Crippen LogP contribution is -2.53. The molecule has 0 spiro atoms. The van der Waals surface area contributed by atoms with Crippen molar-refractivity contribution < 1.29 is 26.4 Å². The van der Waals surface area contributed by atoms with Crippen LogP contribution in [0.15, 0.2) is 23.1 Å². The van der Waals surface area contributed by atoms with Gasteiger partial charge in [0.1, 0.15) is 10.6 Å². The van der Waals surface area contributed by atoms with Gasteiger partial charge < -0.3 is 4.74 Å². The fraction of sp³-hybridized carbons (Fsp3) is 0.632. The molecule has 0 aromatic heterocycles. The van der Waals surface area contributed by atoms with Crippen molar-refractivity contribution in [2.45, 2.75) is 50.0 Å². The third-order valence-electron chi connectivity index (χ3n) is 5.66. The van der Waals surface area contributed by atoms with Crippen LogP contribution in [-0.4, -0.2) is 65.7 Å². The highest BCUT2D eigenvalue weighted by atomic mass is 32.2. The quantitative estimate of drug-likeness (QED) is 0.654. The lowest BCUT2D eigenvalue weighted by molar-refractivity contribution is -0.116. The highest BCUT2D eigenvalue weighted by molar-refractivity contribution is 7.94. The standard InChI is InChI=1S/C19H29N3O6S2/c1-19(2,21-10-5-4-6-11-21)14-20-30(26,27)17-13-15(7-8-16(17)28-3)22-18(23)9-12-29(22,24)25/h7-8,13,20H,4-6,9-12,14H2,1-3H3. The van der Waals surface area contributed by atoms with Crippen LogP contribution in [0, 0.1) is 0 Å². The largest absolute Gasteiger partial charge is 0.495 e. The lowest BCUT2D eigenvalue weighted by atomic mass is 9.99. The Bertz CT molecular complexity index is 1010. The van der Waals surface area contributed by atoms with Crippen molar-refractivity contribution in [3.05, 3.63) is 18.2 Å². The number of benzene rings is 1. The molecule has 0 aliphatic carbocycles. The molecule has 0 unspecified atom stereocenters. The number of nitrogens with one attached hydrogen (secondary N) is 1. The van der Waals surface area contributed by atoms with Crippen LogP contribution in [0.3, 0.4) is 0 Å². The Hall–Kier alpha value is -1.69. The maximum absolute atomic E-state index is 13.1. The Balaban J connectivity index is 1.88. The molecule has 1 aromatic carbocycles. The molecule has 2 aliphatic heterocycles. The fourth-order valence-electron chi connectivity index (χ4n) is 3.83. The molecule has 0 radical (unpaired) electrons. The van der Waals surface area contributed by atoms with Crippen molar-refractivity contribution in [2.24, 2.45) is 0 Å². The number of piperidine rings is 1. The summed E-state index contributed by atoms with van der Waals surface area (Å²) < 4.78 is 59.1. The topological polar surface area (TPSA) is 113 Å². The molecular formula is C19H29N3O6S2. The van der Waals surface area contributed by atoms with Crippen LogP contribution in [0.25, 0.3) is 0 Å². The molecule has 3 rings (SSSR count). The number of carbonyl (C=O) groups is 1. The molecule has 1 aromatic rings. The number of likely N-dealkylation sites (tertiary alicyclic amines) is 1. The molecule has 9 nitrogen and oxygen atoms in total. The van der Waals surface area contributed by atoms with Gasteiger partial charge in [0.15, 0.2) is 0 Å². The maximum atomic E-state index is 13.1. The lowest BCUT2D eigenvalue weighted by Gasteiger charge is -2.41. The molecule has 2 fully saturated rings. The van der Waals surface area contributed by atoms with Crippen molar-refractivity contribution in [1.29, 1.82) is 0 Å². The van der Waals surface area contributed by atoms with Crippen molar-refractivity contribution >= 4 is 31.6 Å². The molecule has 30 heavy (non-hydrogen) atoms. The first kappa shape index (κ1) is 23.0. The highest BCUT2D eigenvalue weighted by Crippen LogP contribution is 2.32. The molecule has 0 saturated carbocycles. The van der Waals surface area contributed by atoms with Crippen LogP contribution in [0.2, 0.25) is 0 Å². The highest BCUT2D eigenvalue weighted by Gasteiger charge is 2.37. The van der Waals surface area contributed by atoms with Crippen LogP contribution < -0.4 is 13.8 Å². The Kier molecular flexibility index (Phi) is 6.47. The number of carbonyl (C=O) groups excluding carboxylic acids is 1. The first-order valence-corrected chi connectivity index (χ1v) is 13.1. The van der Waals surface area contributed by atoms with Crippen LogP contribution >= 0.6 is 0 Å². The van der Waals surface area contributed by atoms with E-state index in [1.807, 2.05) is 13.8 Å². The zero-order valence-corrected chi connectivity index (χ0v) is 19.2. The van der Waals surface area contributed by atoms with Gasteiger partial charge in [-0.05, 0) is 58.0 Å². The average molecular weight is 460 g/mol. The predicted molar refractivity (Wildman–Crippen MR) is 114 cm³/mol. The maximum Gasteiger partial charge on any atom is 0.244 e. The summed E-state index contributed by atoms with van der Waals surface area (Å²) in [5.41, 5.74) is -0.388. The van der Waals surface area contributed by atoms with E-state index in [4.69, 9.17) is 4.74 Å². The minimum atomic E-state index is -4.02. The number of hydrogen-bond acceptors (Lipinski definition) is 7. The second-order valence-electron chi connectivity index (χ2n) is 8.24. The zero-order valence-electron chi connectivity index (χ0n) is 17.5. The minimum Gasteiger partial charge on any atom is -0.495 e. The first-order valence-electron chi connectivity index (χ1n) is 9.96. The van der Waals surface area contributed by atoms with E-state index >= 15 is 0 Å². The van der Waals surface area contributed by atoms with Gasteiger partial charge in [-0.25, -0.2) is 25.9 Å². The van der Waals surface area contributed by atoms with Crippen molar-refractivity contribution in [3.8, 4) is 5.75 Å². The molecule has 11 heteroatoms. The molecule has 2 aliphatic rings. The molecular weight excluding hydrogens is 430 g/mol. The second-order valence-corrected chi connectivity index (χ2v) is 11.9. The number of sulfonamides is 2. The summed E-state index contributed by atoms with van der Waals surface area (Å²) in [5.74, 6) is -0.795. The Labute approximate surface area is 178 Å². The smallest absolute Gasteiger partial charge is 0.244 e. The molecule has 168 valence electrons. The molecule has 0 atom stereocenters. The van der Waals surface area contributed by atoms with Crippen LogP contribution in [0.4, 0.5) is 5.69 Å². The number of methoxy groups -OCH3 is 1. The number of nitrogens with zero attached hydrogens (tertiary/aromatic N) is 2. The summed E-state index contributed by atoms with van der Waals surface area (Å²) in [6.45, 7) is 6.00. The summed E-state index contributed by atoms with van der Waals surface area (Å²) in [6, 6.07) is 3.91. The van der Waals surface area contributed by atoms with Crippen LogP contribution in [0.5, 0.6) is 5.75 Å². The van der Waals surface area contributed by atoms with E-state index in [1.165, 1.54) is 31.7 Å². The molecule has 0 bridgehead atoms. The van der Waals surface area contributed by atoms with Gasteiger partial charge in [-0.2, -0.15) is 0 Å². The summed E-state index contributed by atoms with van der Waals surface area (Å²) in [7, 11) is -6.48. The van der Waals surface area contributed by atoms with Gasteiger partial charge >= 0.3 is 0 Å². The van der Waals surface area contributed by atoms with Gasteiger partial charge in [0.05, 0.1) is 18.6 Å². The molecule has 2 heterocycles. The van der Waals surface area contributed by atoms with Gasteiger partial charge in [0, 0.05) is 18.5 Å². The summed E-state index contributed by atoms with van der Waals surface area (Å²) in [6.07, 6.45) is 3.23. The van der Waals surface area contributed by atoms with E-state index in [-0.39, 0.29) is 40.6 Å². The van der Waals surface area contributed by atoms with E-state index < -0.39 is 26.0 Å². The summed E-state index contributed by atoms with van der Waals surface area (Å²) in [4.78, 5) is 14.1. The second kappa shape index (κ2) is 8.45. The number of anilines is 1. The van der Waals surface area contributed by atoms with Gasteiger partial charge in [0.25, 0.3) is 0 Å². The SMILES string of the molecule is COc1ccc(N2C(=O)CCS2(=O)=O)cc1S(=O)(=O)NCC(C)(C)N1CCCCC1. The van der Waals surface area contributed by atoms with Crippen molar-refractivity contribution in [2.75, 3.05) is 36.8 Å². The van der Waals surface area contributed by atoms with E-state index in [2.05, 4.69) is 9.62 Å². The zero-order chi connectivity index (χ0) is 22.2. The van der Waals surface area contributed by atoms with Crippen LogP contribution in [-0.2, 0) is 24.8 Å². The first-order chi connectivity index (χ1) is 14.0. The summed E-state index contributed by atoms with van der Waals surface area (Å²) >= 11 is 0. The van der Waals surface area contributed by atoms with E-state index in [9.17, 15) is 21.6 Å². The summed E-state index contributed by atoms with van der Waals surface area (Å²) in [5, 5.41) is 0. The molecule has 2 saturated heterocycles. The minimum absolute atomic E-state index is 0.00559. The molecule has 1 N–H and O–H groups in total. The van der Waals surface area contributed by atoms with E-state index in [0.717, 1.165) is 25.9 Å². The molecule has 1 amide bonds.